The van der Waals surface area contributed by atoms with Crippen molar-refractivity contribution in [3.05, 3.63) is 71.9 Å². The number of para-hydroxylation sites is 1. The Morgan fingerprint density at radius 2 is 1.77 bits per heavy atom. The molecule has 0 aliphatic carbocycles. The first-order valence-corrected chi connectivity index (χ1v) is 9.43. The molecule has 0 fully saturated rings. The Morgan fingerprint density at radius 1 is 1.03 bits per heavy atom. The molecular weight excluding hydrogens is 386 g/mol. The number of nitrogens with one attached hydrogen (secondary N) is 3. The minimum Gasteiger partial charge on any atom is -0.468 e. The van der Waals surface area contributed by atoms with Crippen LogP contribution in [0.3, 0.4) is 0 Å². The van der Waals surface area contributed by atoms with Crippen LogP contribution in [0.25, 0.3) is 10.9 Å². The third-order valence-electron chi connectivity index (χ3n) is 4.55. The first-order chi connectivity index (χ1) is 14.6. The molecule has 1 atom stereocenters. The Labute approximate surface area is 173 Å². The van der Waals surface area contributed by atoms with Crippen LogP contribution in [-0.4, -0.2) is 42.7 Å². The van der Waals surface area contributed by atoms with Crippen molar-refractivity contribution in [2.45, 2.75) is 19.1 Å². The Kier molecular flexibility index (Phi) is 7.05. The fourth-order valence-electron chi connectivity index (χ4n) is 2.99. The molecule has 1 heterocycles. The molecule has 156 valence electrons. The molecule has 0 aliphatic rings. The van der Waals surface area contributed by atoms with E-state index in [2.05, 4.69) is 20.4 Å². The molecule has 30 heavy (non-hydrogen) atoms. The van der Waals surface area contributed by atoms with E-state index >= 15 is 0 Å². The third kappa shape index (κ3) is 5.60. The molecule has 3 rings (SSSR count). The van der Waals surface area contributed by atoms with Gasteiger partial charge in [-0.2, -0.15) is 0 Å². The van der Waals surface area contributed by atoms with Crippen LogP contribution in [0.5, 0.6) is 0 Å². The largest absolute Gasteiger partial charge is 0.468 e. The van der Waals surface area contributed by atoms with E-state index in [1.807, 2.05) is 54.6 Å². The number of alkyl carbamates (subject to hydrolysis) is 1. The number of hydrogen-bond acceptors (Lipinski definition) is 5. The number of amides is 2. The normalized spacial score (nSPS) is 11.5. The number of methoxy groups -OCH3 is 1. The summed E-state index contributed by atoms with van der Waals surface area (Å²) < 4.78 is 9.77. The molecule has 8 heteroatoms. The summed E-state index contributed by atoms with van der Waals surface area (Å²) in [4.78, 5) is 39.4. The van der Waals surface area contributed by atoms with Gasteiger partial charge in [0.15, 0.2) is 0 Å². The van der Waals surface area contributed by atoms with Crippen LogP contribution in [0.2, 0.25) is 0 Å². The molecule has 0 radical (unpaired) electrons. The van der Waals surface area contributed by atoms with Gasteiger partial charge in [0.25, 0.3) is 0 Å². The lowest BCUT2D eigenvalue weighted by Crippen LogP contribution is -2.49. The molecule has 0 saturated heterocycles. The first-order valence-electron chi connectivity index (χ1n) is 9.43. The van der Waals surface area contributed by atoms with Gasteiger partial charge in [-0.15, -0.1) is 0 Å². The van der Waals surface area contributed by atoms with Crippen molar-refractivity contribution < 1.29 is 23.9 Å². The predicted octanol–water partition coefficient (Wildman–Crippen LogP) is 2.29. The highest BCUT2D eigenvalue weighted by molar-refractivity contribution is 5.90. The van der Waals surface area contributed by atoms with E-state index < -0.39 is 24.0 Å². The maximum Gasteiger partial charge on any atom is 0.408 e. The molecular formula is C22H23N3O5. The zero-order valence-electron chi connectivity index (χ0n) is 16.5. The summed E-state index contributed by atoms with van der Waals surface area (Å²) in [5.41, 5.74) is 2.61. The van der Waals surface area contributed by atoms with Crippen molar-refractivity contribution in [1.82, 2.24) is 15.6 Å². The summed E-state index contributed by atoms with van der Waals surface area (Å²) in [7, 11) is 1.23. The van der Waals surface area contributed by atoms with Crippen molar-refractivity contribution in [1.29, 1.82) is 0 Å². The summed E-state index contributed by atoms with van der Waals surface area (Å²) in [5.74, 6) is -1.09. The van der Waals surface area contributed by atoms with Crippen LogP contribution in [0.1, 0.15) is 11.1 Å². The molecule has 8 nitrogen and oxygen atoms in total. The van der Waals surface area contributed by atoms with E-state index in [9.17, 15) is 14.4 Å². The lowest BCUT2D eigenvalue weighted by molar-refractivity contribution is -0.141. The van der Waals surface area contributed by atoms with Gasteiger partial charge in [0, 0.05) is 23.5 Å². The highest BCUT2D eigenvalue weighted by Gasteiger charge is 2.24. The van der Waals surface area contributed by atoms with Gasteiger partial charge in [0.1, 0.15) is 19.2 Å². The van der Waals surface area contributed by atoms with Crippen LogP contribution in [0.15, 0.2) is 60.8 Å². The Balaban J connectivity index is 1.69. The number of benzene rings is 2. The average molecular weight is 409 g/mol. The van der Waals surface area contributed by atoms with Crippen LogP contribution in [0.4, 0.5) is 4.79 Å². The van der Waals surface area contributed by atoms with E-state index in [4.69, 9.17) is 4.74 Å². The van der Waals surface area contributed by atoms with Gasteiger partial charge in [0.2, 0.25) is 5.91 Å². The Morgan fingerprint density at radius 3 is 2.53 bits per heavy atom. The number of carbonyl (C=O) groups excluding carboxylic acids is 3. The predicted molar refractivity (Wildman–Crippen MR) is 111 cm³/mol. The minimum absolute atomic E-state index is 0.0796. The van der Waals surface area contributed by atoms with Crippen LogP contribution in [-0.2, 0) is 32.1 Å². The summed E-state index contributed by atoms with van der Waals surface area (Å²) >= 11 is 0. The fraction of sp³-hybridized carbons (Fsp3) is 0.227. The standard InChI is InChI=1S/C22H23N3O5/c1-29-20(26)13-24-21(27)19(11-16-12-23-18-10-6-5-9-17(16)18)25-22(28)30-14-15-7-3-2-4-8-15/h2-10,12,19,23H,11,13-14H2,1H3,(H,24,27)(H,25,28)/t19-/m0/s1. The quantitative estimate of drug-likeness (QED) is 0.495. The summed E-state index contributed by atoms with van der Waals surface area (Å²) in [6.07, 6.45) is 1.29. The lowest BCUT2D eigenvalue weighted by atomic mass is 10.0. The van der Waals surface area contributed by atoms with Crippen LogP contribution < -0.4 is 10.6 Å². The van der Waals surface area contributed by atoms with Gasteiger partial charge in [-0.1, -0.05) is 48.5 Å². The molecule has 0 spiro atoms. The second-order valence-electron chi connectivity index (χ2n) is 6.62. The number of fused-ring (bicyclic) bond motifs is 1. The Bertz CT molecular complexity index is 1020. The maximum absolute atomic E-state index is 12.6. The number of hydrogen-bond donors (Lipinski definition) is 3. The third-order valence-corrected chi connectivity index (χ3v) is 4.55. The zero-order chi connectivity index (χ0) is 21.3. The van der Waals surface area contributed by atoms with Gasteiger partial charge >= 0.3 is 12.1 Å². The van der Waals surface area contributed by atoms with Gasteiger partial charge in [-0.05, 0) is 17.2 Å². The molecule has 0 saturated carbocycles. The highest BCUT2D eigenvalue weighted by Crippen LogP contribution is 2.19. The van der Waals surface area contributed by atoms with Gasteiger partial charge in [-0.3, -0.25) is 9.59 Å². The van der Waals surface area contributed by atoms with Crippen molar-refractivity contribution in [3.8, 4) is 0 Å². The van der Waals surface area contributed by atoms with Crippen molar-refractivity contribution in [2.75, 3.05) is 13.7 Å². The monoisotopic (exact) mass is 409 g/mol. The van der Waals surface area contributed by atoms with Crippen LogP contribution in [0, 0.1) is 0 Å². The molecule has 3 aromatic rings. The van der Waals surface area contributed by atoms with E-state index in [1.54, 1.807) is 6.20 Å². The fourth-order valence-corrected chi connectivity index (χ4v) is 2.99. The molecule has 0 bridgehead atoms. The van der Waals surface area contributed by atoms with Crippen molar-refractivity contribution in [2.24, 2.45) is 0 Å². The van der Waals surface area contributed by atoms with Crippen LogP contribution >= 0.6 is 0 Å². The molecule has 1 aromatic heterocycles. The minimum atomic E-state index is -0.933. The number of aromatic amines is 1. The summed E-state index contributed by atoms with van der Waals surface area (Å²) in [6, 6.07) is 15.9. The molecule has 0 aliphatic heterocycles. The second-order valence-corrected chi connectivity index (χ2v) is 6.62. The number of carbonyl (C=O) groups is 3. The van der Waals surface area contributed by atoms with Gasteiger partial charge in [0.05, 0.1) is 7.11 Å². The molecule has 2 amide bonds. The topological polar surface area (TPSA) is 110 Å². The average Bonchev–Trinajstić information content (AvgIpc) is 3.19. The summed E-state index contributed by atoms with van der Waals surface area (Å²) in [6.45, 7) is -0.212. The second kappa shape index (κ2) is 10.1. The molecule has 0 unspecified atom stereocenters. The number of aromatic nitrogens is 1. The lowest BCUT2D eigenvalue weighted by Gasteiger charge is -2.18. The van der Waals surface area contributed by atoms with E-state index in [0.29, 0.717) is 0 Å². The smallest absolute Gasteiger partial charge is 0.408 e. The SMILES string of the molecule is COC(=O)CNC(=O)[C@H](Cc1c[nH]c2ccccc12)NC(=O)OCc1ccccc1. The molecule has 3 N–H and O–H groups in total. The highest BCUT2D eigenvalue weighted by atomic mass is 16.5. The van der Waals surface area contributed by atoms with Gasteiger partial charge < -0.3 is 25.1 Å². The first kappa shape index (κ1) is 20.9. The van der Waals surface area contributed by atoms with E-state index in [0.717, 1.165) is 22.0 Å². The van der Waals surface area contributed by atoms with E-state index in [-0.39, 0.29) is 19.6 Å². The van der Waals surface area contributed by atoms with Gasteiger partial charge in [-0.25, -0.2) is 4.79 Å². The number of esters is 1. The number of ether oxygens (including phenoxy) is 2. The van der Waals surface area contributed by atoms with Crippen molar-refractivity contribution >= 4 is 28.9 Å². The molecule has 2 aromatic carbocycles. The maximum atomic E-state index is 12.6. The number of H-pyrrole nitrogens is 1. The summed E-state index contributed by atoms with van der Waals surface area (Å²) in [5, 5.41) is 6.02. The Hall–Kier alpha value is -3.81. The number of rotatable bonds is 8. The van der Waals surface area contributed by atoms with E-state index in [1.165, 1.54) is 7.11 Å². The van der Waals surface area contributed by atoms with Crippen molar-refractivity contribution in [3.63, 3.8) is 0 Å². The zero-order valence-corrected chi connectivity index (χ0v) is 16.5.